The molecule has 1 aliphatic heterocycles. The molecule has 1 unspecified atom stereocenters. The molecule has 0 radical (unpaired) electrons. The van der Waals surface area contributed by atoms with Crippen molar-refractivity contribution in [3.05, 3.63) is 29.8 Å². The van der Waals surface area contributed by atoms with Crippen LogP contribution in [0.4, 0.5) is 5.69 Å². The lowest BCUT2D eigenvalue weighted by Crippen LogP contribution is -2.38. The van der Waals surface area contributed by atoms with Gasteiger partial charge in [-0.15, -0.1) is 0 Å². The second-order valence-electron chi connectivity index (χ2n) is 7.01. The summed E-state index contributed by atoms with van der Waals surface area (Å²) in [6, 6.07) is 9.58. The predicted octanol–water partition coefficient (Wildman–Crippen LogP) is 3.95. The molecular weight excluding hydrogens is 244 g/mol. The van der Waals surface area contributed by atoms with Crippen LogP contribution in [0.2, 0.25) is 0 Å². The fraction of sp³-hybridized carbons (Fsp3) is 0.667. The number of nitrogens with one attached hydrogen (secondary N) is 1. The Morgan fingerprint density at radius 1 is 1.25 bits per heavy atom. The summed E-state index contributed by atoms with van der Waals surface area (Å²) in [6.07, 6.45) is 3.76. The number of benzene rings is 1. The van der Waals surface area contributed by atoms with Gasteiger partial charge in [0.2, 0.25) is 0 Å². The first-order chi connectivity index (χ1) is 9.52. The molecule has 112 valence electrons. The van der Waals surface area contributed by atoms with Crippen LogP contribution in [0.3, 0.4) is 0 Å². The van der Waals surface area contributed by atoms with Gasteiger partial charge in [0.1, 0.15) is 0 Å². The van der Waals surface area contributed by atoms with Gasteiger partial charge in [-0.3, -0.25) is 0 Å². The van der Waals surface area contributed by atoms with Crippen LogP contribution in [-0.4, -0.2) is 25.7 Å². The lowest BCUT2D eigenvalue weighted by molar-refractivity contribution is 0.501. The molecule has 0 saturated carbocycles. The Balaban J connectivity index is 2.25. The summed E-state index contributed by atoms with van der Waals surface area (Å²) in [4.78, 5) is 2.60. The summed E-state index contributed by atoms with van der Waals surface area (Å²) in [5, 5.41) is 3.70. The highest BCUT2D eigenvalue weighted by atomic mass is 15.2. The fourth-order valence-electron chi connectivity index (χ4n) is 3.14. The summed E-state index contributed by atoms with van der Waals surface area (Å²) in [7, 11) is 0. The Kier molecular flexibility index (Phi) is 5.09. The molecule has 1 aromatic carbocycles. The normalized spacial score (nSPS) is 20.8. The third-order valence-electron chi connectivity index (χ3n) is 4.17. The molecule has 1 aromatic rings. The van der Waals surface area contributed by atoms with E-state index >= 15 is 0 Å². The molecule has 1 atom stereocenters. The molecular formula is C18H30N2. The second kappa shape index (κ2) is 6.62. The highest BCUT2D eigenvalue weighted by Crippen LogP contribution is 2.32. The third kappa shape index (κ3) is 3.76. The summed E-state index contributed by atoms with van der Waals surface area (Å²) >= 11 is 0. The fourth-order valence-corrected chi connectivity index (χ4v) is 3.14. The number of anilines is 1. The SMILES string of the molecule is CCCC1CN(c2ccccc2C(C)(C)C)CCCN1. The van der Waals surface area contributed by atoms with E-state index < -0.39 is 0 Å². The number of hydrogen-bond donors (Lipinski definition) is 1. The zero-order chi connectivity index (χ0) is 14.6. The van der Waals surface area contributed by atoms with Gasteiger partial charge < -0.3 is 10.2 Å². The topological polar surface area (TPSA) is 15.3 Å². The largest absolute Gasteiger partial charge is 0.370 e. The van der Waals surface area contributed by atoms with Crippen molar-refractivity contribution in [2.75, 3.05) is 24.5 Å². The van der Waals surface area contributed by atoms with Gasteiger partial charge in [0.05, 0.1) is 0 Å². The molecule has 0 spiro atoms. The van der Waals surface area contributed by atoms with Gasteiger partial charge in [-0.25, -0.2) is 0 Å². The minimum Gasteiger partial charge on any atom is -0.370 e. The molecule has 1 heterocycles. The molecule has 0 amide bonds. The maximum absolute atomic E-state index is 3.70. The summed E-state index contributed by atoms with van der Waals surface area (Å²) in [5.41, 5.74) is 3.11. The average Bonchev–Trinajstić information content (AvgIpc) is 2.64. The van der Waals surface area contributed by atoms with Gasteiger partial charge in [-0.05, 0) is 36.4 Å². The van der Waals surface area contributed by atoms with Crippen molar-refractivity contribution in [2.45, 2.75) is 58.4 Å². The molecule has 2 heteroatoms. The Bertz CT molecular complexity index is 420. The van der Waals surface area contributed by atoms with Crippen LogP contribution in [-0.2, 0) is 5.41 Å². The molecule has 1 saturated heterocycles. The second-order valence-corrected chi connectivity index (χ2v) is 7.01. The third-order valence-corrected chi connectivity index (χ3v) is 4.17. The van der Waals surface area contributed by atoms with Crippen molar-refractivity contribution >= 4 is 5.69 Å². The smallest absolute Gasteiger partial charge is 0.0404 e. The molecule has 0 bridgehead atoms. The van der Waals surface area contributed by atoms with Crippen molar-refractivity contribution in [1.82, 2.24) is 5.32 Å². The van der Waals surface area contributed by atoms with E-state index in [0.717, 1.165) is 13.1 Å². The van der Waals surface area contributed by atoms with Crippen LogP contribution in [0, 0.1) is 0 Å². The minimum atomic E-state index is 0.205. The molecule has 0 aliphatic carbocycles. The number of nitrogens with zero attached hydrogens (tertiary/aromatic N) is 1. The first kappa shape index (κ1) is 15.4. The van der Waals surface area contributed by atoms with Crippen molar-refractivity contribution < 1.29 is 0 Å². The first-order valence-electron chi connectivity index (χ1n) is 8.10. The van der Waals surface area contributed by atoms with E-state index in [0.29, 0.717) is 6.04 Å². The lowest BCUT2D eigenvalue weighted by Gasteiger charge is -2.32. The summed E-state index contributed by atoms with van der Waals surface area (Å²) < 4.78 is 0. The van der Waals surface area contributed by atoms with Crippen molar-refractivity contribution in [2.24, 2.45) is 0 Å². The van der Waals surface area contributed by atoms with E-state index in [4.69, 9.17) is 0 Å². The maximum Gasteiger partial charge on any atom is 0.0404 e. The highest BCUT2D eigenvalue weighted by Gasteiger charge is 2.23. The van der Waals surface area contributed by atoms with E-state index in [1.165, 1.54) is 37.1 Å². The Morgan fingerprint density at radius 2 is 2.00 bits per heavy atom. The van der Waals surface area contributed by atoms with Gasteiger partial charge in [0, 0.05) is 24.8 Å². The Morgan fingerprint density at radius 3 is 2.70 bits per heavy atom. The van der Waals surface area contributed by atoms with Crippen molar-refractivity contribution in [3.63, 3.8) is 0 Å². The molecule has 1 aliphatic rings. The van der Waals surface area contributed by atoms with Crippen LogP contribution in [0.5, 0.6) is 0 Å². The van der Waals surface area contributed by atoms with Gasteiger partial charge >= 0.3 is 0 Å². The Labute approximate surface area is 124 Å². The van der Waals surface area contributed by atoms with Gasteiger partial charge in [-0.1, -0.05) is 52.3 Å². The van der Waals surface area contributed by atoms with E-state index in [2.05, 4.69) is 62.2 Å². The monoisotopic (exact) mass is 274 g/mol. The van der Waals surface area contributed by atoms with Gasteiger partial charge in [0.25, 0.3) is 0 Å². The van der Waals surface area contributed by atoms with Gasteiger partial charge in [0.15, 0.2) is 0 Å². The average molecular weight is 274 g/mol. The molecule has 2 nitrogen and oxygen atoms in total. The summed E-state index contributed by atoms with van der Waals surface area (Å²) in [6.45, 7) is 12.7. The van der Waals surface area contributed by atoms with Crippen LogP contribution in [0.15, 0.2) is 24.3 Å². The molecule has 0 aromatic heterocycles. The first-order valence-corrected chi connectivity index (χ1v) is 8.10. The quantitative estimate of drug-likeness (QED) is 0.897. The van der Waals surface area contributed by atoms with Gasteiger partial charge in [-0.2, -0.15) is 0 Å². The van der Waals surface area contributed by atoms with E-state index in [1.54, 1.807) is 0 Å². The van der Waals surface area contributed by atoms with E-state index in [1.807, 2.05) is 0 Å². The molecule has 1 N–H and O–H groups in total. The van der Waals surface area contributed by atoms with Crippen LogP contribution in [0.25, 0.3) is 0 Å². The van der Waals surface area contributed by atoms with Crippen molar-refractivity contribution in [3.8, 4) is 0 Å². The van der Waals surface area contributed by atoms with Crippen molar-refractivity contribution in [1.29, 1.82) is 0 Å². The Hall–Kier alpha value is -1.02. The molecule has 1 fully saturated rings. The number of rotatable bonds is 3. The van der Waals surface area contributed by atoms with Crippen LogP contribution < -0.4 is 10.2 Å². The van der Waals surface area contributed by atoms with E-state index in [-0.39, 0.29) is 5.41 Å². The summed E-state index contributed by atoms with van der Waals surface area (Å²) in [5.74, 6) is 0. The van der Waals surface area contributed by atoms with Crippen LogP contribution in [0.1, 0.15) is 52.5 Å². The highest BCUT2D eigenvalue weighted by molar-refractivity contribution is 5.56. The predicted molar refractivity (Wildman–Crippen MR) is 88.7 cm³/mol. The zero-order valence-corrected chi connectivity index (χ0v) is 13.6. The zero-order valence-electron chi connectivity index (χ0n) is 13.6. The molecule has 20 heavy (non-hydrogen) atoms. The minimum absolute atomic E-state index is 0.205. The van der Waals surface area contributed by atoms with Crippen LogP contribution >= 0.6 is 0 Å². The maximum atomic E-state index is 3.70. The molecule has 2 rings (SSSR count). The number of hydrogen-bond acceptors (Lipinski definition) is 2. The standard InChI is InChI=1S/C18H30N2/c1-5-9-15-14-20(13-8-12-19-15)17-11-7-6-10-16(17)18(2,3)4/h6-7,10-11,15,19H,5,8-9,12-14H2,1-4H3. The van der Waals surface area contributed by atoms with E-state index in [9.17, 15) is 0 Å². The number of para-hydroxylation sites is 1. The lowest BCUT2D eigenvalue weighted by atomic mass is 9.85.